The lowest BCUT2D eigenvalue weighted by atomic mass is 10.0. The molecule has 0 aliphatic heterocycles. The molecule has 0 amide bonds. The molecule has 8 heteroatoms. The van der Waals surface area contributed by atoms with Crippen molar-refractivity contribution in [3.8, 4) is 34.5 Å². The SMILES string of the molecule is CCc1cc(-c2noc(-c3cc(CCC(C)C)nc(OC)c3)n2)cc(C)c1OC[C@@H](O)CO. The molecule has 1 aromatic carbocycles. The summed E-state index contributed by atoms with van der Waals surface area (Å²) in [5, 5.41) is 22.8. The molecule has 2 aromatic heterocycles. The molecule has 1 atom stereocenters. The second-order valence-corrected chi connectivity index (χ2v) is 8.53. The minimum Gasteiger partial charge on any atom is -0.490 e. The van der Waals surface area contributed by atoms with Crippen LogP contribution in [0.3, 0.4) is 0 Å². The van der Waals surface area contributed by atoms with Crippen LogP contribution in [0.15, 0.2) is 28.8 Å². The Bertz CT molecular complexity index is 1060. The number of aryl methyl sites for hydroxylation is 3. The van der Waals surface area contributed by atoms with E-state index < -0.39 is 6.10 Å². The van der Waals surface area contributed by atoms with Crippen molar-refractivity contribution in [2.24, 2.45) is 5.92 Å². The second kappa shape index (κ2) is 11.2. The Morgan fingerprint density at radius 1 is 1.09 bits per heavy atom. The van der Waals surface area contributed by atoms with Crippen LogP contribution in [0.2, 0.25) is 0 Å². The van der Waals surface area contributed by atoms with Crippen molar-refractivity contribution >= 4 is 0 Å². The van der Waals surface area contributed by atoms with Gasteiger partial charge in [-0.15, -0.1) is 0 Å². The average molecular weight is 456 g/mol. The predicted octanol–water partition coefficient (Wildman–Crippen LogP) is 4.00. The summed E-state index contributed by atoms with van der Waals surface area (Å²) in [6.45, 7) is 8.00. The molecule has 3 rings (SSSR count). The molecule has 0 saturated heterocycles. The molecule has 0 saturated carbocycles. The summed E-state index contributed by atoms with van der Waals surface area (Å²) in [7, 11) is 1.59. The molecule has 0 aliphatic carbocycles. The number of benzene rings is 1. The smallest absolute Gasteiger partial charge is 0.258 e. The van der Waals surface area contributed by atoms with Crippen molar-refractivity contribution in [1.82, 2.24) is 15.1 Å². The second-order valence-electron chi connectivity index (χ2n) is 8.53. The zero-order valence-corrected chi connectivity index (χ0v) is 20.0. The van der Waals surface area contributed by atoms with Gasteiger partial charge in [-0.2, -0.15) is 4.98 Å². The topological polar surface area (TPSA) is 111 Å². The first-order valence-electron chi connectivity index (χ1n) is 11.3. The van der Waals surface area contributed by atoms with Gasteiger partial charge in [0.05, 0.1) is 13.7 Å². The monoisotopic (exact) mass is 455 g/mol. The Kier molecular flexibility index (Phi) is 8.41. The van der Waals surface area contributed by atoms with E-state index >= 15 is 0 Å². The van der Waals surface area contributed by atoms with Gasteiger partial charge in [0.15, 0.2) is 0 Å². The zero-order valence-electron chi connectivity index (χ0n) is 20.0. The van der Waals surface area contributed by atoms with Crippen LogP contribution < -0.4 is 9.47 Å². The van der Waals surface area contributed by atoms with Gasteiger partial charge in [-0.25, -0.2) is 4.98 Å². The number of nitrogens with zero attached hydrogens (tertiary/aromatic N) is 3. The van der Waals surface area contributed by atoms with E-state index in [0.717, 1.165) is 47.2 Å². The number of ether oxygens (including phenoxy) is 2. The Balaban J connectivity index is 1.89. The molecule has 0 radical (unpaired) electrons. The Morgan fingerprint density at radius 2 is 1.88 bits per heavy atom. The van der Waals surface area contributed by atoms with Gasteiger partial charge in [0.1, 0.15) is 18.5 Å². The Labute approximate surface area is 194 Å². The number of pyridine rings is 1. The molecule has 2 N–H and O–H groups in total. The number of aromatic nitrogens is 3. The summed E-state index contributed by atoms with van der Waals surface area (Å²) in [5.41, 5.74) is 4.36. The van der Waals surface area contributed by atoms with Crippen LogP contribution in [0.5, 0.6) is 11.6 Å². The fourth-order valence-electron chi connectivity index (χ4n) is 3.49. The molecule has 0 aliphatic rings. The van der Waals surface area contributed by atoms with E-state index in [1.54, 1.807) is 13.2 Å². The number of methoxy groups -OCH3 is 1. The van der Waals surface area contributed by atoms with Gasteiger partial charge in [-0.3, -0.25) is 0 Å². The molecule has 2 heterocycles. The summed E-state index contributed by atoms with van der Waals surface area (Å²) in [6.07, 6.45) is 1.67. The molecule has 0 bridgehead atoms. The maximum atomic E-state index is 9.61. The van der Waals surface area contributed by atoms with Crippen LogP contribution in [-0.4, -0.2) is 51.8 Å². The Hall–Kier alpha value is -2.97. The van der Waals surface area contributed by atoms with Gasteiger partial charge < -0.3 is 24.2 Å². The van der Waals surface area contributed by atoms with Crippen molar-refractivity contribution in [3.05, 3.63) is 41.1 Å². The molecule has 178 valence electrons. The zero-order chi connectivity index (χ0) is 24.0. The van der Waals surface area contributed by atoms with Crippen molar-refractivity contribution in [1.29, 1.82) is 0 Å². The maximum absolute atomic E-state index is 9.61. The normalized spacial score (nSPS) is 12.2. The molecular formula is C25H33N3O5. The molecule has 0 spiro atoms. The highest BCUT2D eigenvalue weighted by Crippen LogP contribution is 2.32. The predicted molar refractivity (Wildman–Crippen MR) is 125 cm³/mol. The quantitative estimate of drug-likeness (QED) is 0.446. The third-order valence-electron chi connectivity index (χ3n) is 5.34. The van der Waals surface area contributed by atoms with E-state index in [0.29, 0.717) is 29.3 Å². The van der Waals surface area contributed by atoms with E-state index in [9.17, 15) is 5.11 Å². The number of hydrogen-bond donors (Lipinski definition) is 2. The van der Waals surface area contributed by atoms with E-state index in [4.69, 9.17) is 19.1 Å². The minimum atomic E-state index is -0.920. The third-order valence-corrected chi connectivity index (χ3v) is 5.34. The standard InChI is InChI=1S/C25H33N3O5/c1-6-17-10-18(9-16(4)23(17)32-14-21(30)13-29)24-27-25(33-28-24)19-11-20(8-7-15(2)3)26-22(12-19)31-5/h9-12,15,21,29-30H,6-8,13-14H2,1-5H3/t21-/m0/s1. The van der Waals surface area contributed by atoms with E-state index in [2.05, 4.69) is 29.0 Å². The van der Waals surface area contributed by atoms with Gasteiger partial charge in [-0.05, 0) is 61.4 Å². The van der Waals surface area contributed by atoms with E-state index in [1.807, 2.05) is 32.0 Å². The van der Waals surface area contributed by atoms with Gasteiger partial charge in [0.25, 0.3) is 5.89 Å². The van der Waals surface area contributed by atoms with Gasteiger partial charge in [0.2, 0.25) is 11.7 Å². The molecule has 33 heavy (non-hydrogen) atoms. The summed E-state index contributed by atoms with van der Waals surface area (Å²) < 4.78 is 16.7. The summed E-state index contributed by atoms with van der Waals surface area (Å²) in [4.78, 5) is 9.16. The first kappa shape index (κ1) is 24.7. The van der Waals surface area contributed by atoms with Gasteiger partial charge in [-0.1, -0.05) is 25.9 Å². The van der Waals surface area contributed by atoms with Crippen LogP contribution in [0.1, 0.15) is 44.0 Å². The van der Waals surface area contributed by atoms with Crippen LogP contribution in [0, 0.1) is 12.8 Å². The molecule has 0 unspecified atom stereocenters. The van der Waals surface area contributed by atoms with E-state index in [1.165, 1.54) is 0 Å². The first-order chi connectivity index (χ1) is 15.8. The summed E-state index contributed by atoms with van der Waals surface area (Å²) in [6, 6.07) is 7.65. The summed E-state index contributed by atoms with van der Waals surface area (Å²) in [5.74, 6) is 2.67. The van der Waals surface area contributed by atoms with Crippen molar-refractivity contribution in [2.75, 3.05) is 20.3 Å². The number of aliphatic hydroxyl groups is 2. The highest BCUT2D eigenvalue weighted by Gasteiger charge is 2.17. The Morgan fingerprint density at radius 3 is 2.55 bits per heavy atom. The fraction of sp³-hybridized carbons (Fsp3) is 0.480. The lowest BCUT2D eigenvalue weighted by molar-refractivity contribution is 0.0531. The fourth-order valence-corrected chi connectivity index (χ4v) is 3.49. The van der Waals surface area contributed by atoms with E-state index in [-0.39, 0.29) is 13.2 Å². The summed E-state index contributed by atoms with van der Waals surface area (Å²) >= 11 is 0. The van der Waals surface area contributed by atoms with Gasteiger partial charge in [0, 0.05) is 22.9 Å². The van der Waals surface area contributed by atoms with Crippen LogP contribution in [0.25, 0.3) is 22.8 Å². The molecule has 0 fully saturated rings. The van der Waals surface area contributed by atoms with Crippen LogP contribution in [-0.2, 0) is 12.8 Å². The largest absolute Gasteiger partial charge is 0.490 e. The number of rotatable bonds is 11. The van der Waals surface area contributed by atoms with Gasteiger partial charge >= 0.3 is 0 Å². The highest BCUT2D eigenvalue weighted by atomic mass is 16.5. The molecule has 3 aromatic rings. The first-order valence-corrected chi connectivity index (χ1v) is 11.3. The average Bonchev–Trinajstić information content (AvgIpc) is 3.31. The van der Waals surface area contributed by atoms with Crippen LogP contribution >= 0.6 is 0 Å². The number of hydrogen-bond acceptors (Lipinski definition) is 8. The van der Waals surface area contributed by atoms with Crippen LogP contribution in [0.4, 0.5) is 0 Å². The highest BCUT2D eigenvalue weighted by molar-refractivity contribution is 5.64. The van der Waals surface area contributed by atoms with Crippen molar-refractivity contribution in [3.63, 3.8) is 0 Å². The maximum Gasteiger partial charge on any atom is 0.258 e. The lowest BCUT2D eigenvalue weighted by Gasteiger charge is -2.16. The third kappa shape index (κ3) is 6.30. The minimum absolute atomic E-state index is 0.0268. The van der Waals surface area contributed by atoms with Crippen molar-refractivity contribution in [2.45, 2.75) is 53.1 Å². The van der Waals surface area contributed by atoms with Crippen molar-refractivity contribution < 1.29 is 24.2 Å². The molecule has 8 nitrogen and oxygen atoms in total. The lowest BCUT2D eigenvalue weighted by Crippen LogP contribution is -2.22. The number of aliphatic hydroxyl groups excluding tert-OH is 2. The molecular weight excluding hydrogens is 422 g/mol.